The summed E-state index contributed by atoms with van der Waals surface area (Å²) in [6.07, 6.45) is 7.86. The molecule has 0 unspecified atom stereocenters. The molecule has 25 heavy (non-hydrogen) atoms. The van der Waals surface area contributed by atoms with Crippen LogP contribution in [0.3, 0.4) is 0 Å². The zero-order valence-corrected chi connectivity index (χ0v) is 14.1. The fourth-order valence-corrected chi connectivity index (χ4v) is 3.11. The van der Waals surface area contributed by atoms with Crippen LogP contribution in [0.5, 0.6) is 0 Å². The van der Waals surface area contributed by atoms with E-state index in [1.807, 2.05) is 35.4 Å². The number of benzene rings is 1. The van der Waals surface area contributed by atoms with E-state index in [1.165, 1.54) is 0 Å². The van der Waals surface area contributed by atoms with Gasteiger partial charge >= 0.3 is 0 Å². The minimum Gasteiger partial charge on any atom is -0.361 e. The SMILES string of the molecule is C#CCNC(=O)CN1CCCN(C(=O)c2ccc3[nH]ccc3c2)CC1. The largest absolute Gasteiger partial charge is 0.361 e. The van der Waals surface area contributed by atoms with E-state index >= 15 is 0 Å². The Bertz CT molecular complexity index is 805. The van der Waals surface area contributed by atoms with Crippen LogP contribution >= 0.6 is 0 Å². The number of aromatic amines is 1. The smallest absolute Gasteiger partial charge is 0.253 e. The third-order valence-electron chi connectivity index (χ3n) is 4.43. The molecule has 1 aromatic carbocycles. The topological polar surface area (TPSA) is 68.4 Å². The van der Waals surface area contributed by atoms with Crippen molar-refractivity contribution < 1.29 is 9.59 Å². The van der Waals surface area contributed by atoms with Crippen molar-refractivity contribution in [3.8, 4) is 12.3 Å². The number of hydrogen-bond donors (Lipinski definition) is 2. The van der Waals surface area contributed by atoms with E-state index in [-0.39, 0.29) is 18.4 Å². The van der Waals surface area contributed by atoms with Gasteiger partial charge in [-0.15, -0.1) is 6.42 Å². The molecule has 0 spiro atoms. The average Bonchev–Trinajstić information content (AvgIpc) is 2.97. The van der Waals surface area contributed by atoms with E-state index in [4.69, 9.17) is 6.42 Å². The van der Waals surface area contributed by atoms with Crippen LogP contribution in [0, 0.1) is 12.3 Å². The van der Waals surface area contributed by atoms with Crippen molar-refractivity contribution in [2.24, 2.45) is 0 Å². The summed E-state index contributed by atoms with van der Waals surface area (Å²) in [6, 6.07) is 7.68. The standard InChI is InChI=1S/C19H22N4O2/c1-2-7-21-18(24)14-22-9-3-10-23(12-11-22)19(25)16-4-5-17-15(13-16)6-8-20-17/h1,4-6,8,13,20H,3,7,9-12,14H2,(H,21,24). The molecule has 0 aliphatic carbocycles. The lowest BCUT2D eigenvalue weighted by Crippen LogP contribution is -2.40. The Hall–Kier alpha value is -2.78. The Labute approximate surface area is 147 Å². The number of rotatable bonds is 4. The minimum absolute atomic E-state index is 0.0433. The maximum atomic E-state index is 12.8. The molecule has 0 radical (unpaired) electrons. The molecule has 1 aliphatic heterocycles. The summed E-state index contributed by atoms with van der Waals surface area (Å²) < 4.78 is 0. The van der Waals surface area contributed by atoms with Crippen molar-refractivity contribution in [2.45, 2.75) is 6.42 Å². The number of nitrogens with zero attached hydrogens (tertiary/aromatic N) is 2. The van der Waals surface area contributed by atoms with E-state index in [2.05, 4.69) is 21.1 Å². The Morgan fingerprint density at radius 2 is 2.08 bits per heavy atom. The predicted octanol–water partition coefficient (Wildman–Crippen LogP) is 1.07. The number of hydrogen-bond acceptors (Lipinski definition) is 3. The van der Waals surface area contributed by atoms with Gasteiger partial charge in [-0.3, -0.25) is 14.5 Å². The van der Waals surface area contributed by atoms with Crippen molar-refractivity contribution >= 4 is 22.7 Å². The maximum Gasteiger partial charge on any atom is 0.253 e. The molecule has 1 aliphatic rings. The Morgan fingerprint density at radius 3 is 2.92 bits per heavy atom. The van der Waals surface area contributed by atoms with Crippen molar-refractivity contribution in [1.29, 1.82) is 0 Å². The molecule has 2 heterocycles. The molecule has 3 rings (SSSR count). The highest BCUT2D eigenvalue weighted by Gasteiger charge is 2.21. The zero-order valence-electron chi connectivity index (χ0n) is 14.1. The van der Waals surface area contributed by atoms with Crippen LogP contribution < -0.4 is 5.32 Å². The molecule has 2 N–H and O–H groups in total. The normalized spacial score (nSPS) is 15.6. The Balaban J connectivity index is 1.59. The van der Waals surface area contributed by atoms with E-state index in [9.17, 15) is 9.59 Å². The van der Waals surface area contributed by atoms with Gasteiger partial charge in [-0.25, -0.2) is 0 Å². The van der Waals surface area contributed by atoms with Crippen molar-refractivity contribution in [3.63, 3.8) is 0 Å². The van der Waals surface area contributed by atoms with Gasteiger partial charge in [0.2, 0.25) is 5.91 Å². The summed E-state index contributed by atoms with van der Waals surface area (Å²) in [7, 11) is 0. The van der Waals surface area contributed by atoms with Crippen LogP contribution in [0.2, 0.25) is 0 Å². The quantitative estimate of drug-likeness (QED) is 0.820. The molecule has 130 valence electrons. The summed E-state index contributed by atoms with van der Waals surface area (Å²) in [4.78, 5) is 31.6. The second-order valence-electron chi connectivity index (χ2n) is 6.18. The predicted molar refractivity (Wildman–Crippen MR) is 97.1 cm³/mol. The highest BCUT2D eigenvalue weighted by molar-refractivity contribution is 5.98. The van der Waals surface area contributed by atoms with Crippen LogP contribution in [-0.2, 0) is 4.79 Å². The van der Waals surface area contributed by atoms with Crippen LogP contribution in [0.1, 0.15) is 16.8 Å². The van der Waals surface area contributed by atoms with Crippen molar-refractivity contribution in [3.05, 3.63) is 36.0 Å². The zero-order chi connectivity index (χ0) is 17.6. The lowest BCUT2D eigenvalue weighted by molar-refractivity contribution is -0.121. The van der Waals surface area contributed by atoms with Gasteiger partial charge in [-0.1, -0.05) is 5.92 Å². The molecule has 1 aromatic heterocycles. The lowest BCUT2D eigenvalue weighted by Gasteiger charge is -2.21. The van der Waals surface area contributed by atoms with Crippen LogP contribution in [0.4, 0.5) is 0 Å². The highest BCUT2D eigenvalue weighted by atomic mass is 16.2. The number of aromatic nitrogens is 1. The molecule has 0 atom stereocenters. The monoisotopic (exact) mass is 338 g/mol. The number of carbonyl (C=O) groups is 2. The molecule has 0 bridgehead atoms. The molecule has 6 heteroatoms. The Kier molecular flexibility index (Phi) is 5.36. The second-order valence-corrected chi connectivity index (χ2v) is 6.18. The number of nitrogens with one attached hydrogen (secondary N) is 2. The lowest BCUT2D eigenvalue weighted by atomic mass is 10.1. The molecule has 2 amide bonds. The fourth-order valence-electron chi connectivity index (χ4n) is 3.11. The number of H-pyrrole nitrogens is 1. The minimum atomic E-state index is -0.0735. The average molecular weight is 338 g/mol. The number of fused-ring (bicyclic) bond motifs is 1. The van der Waals surface area contributed by atoms with Gasteiger partial charge in [-0.2, -0.15) is 0 Å². The third-order valence-corrected chi connectivity index (χ3v) is 4.43. The Morgan fingerprint density at radius 1 is 1.20 bits per heavy atom. The molecule has 6 nitrogen and oxygen atoms in total. The van der Waals surface area contributed by atoms with E-state index in [1.54, 1.807) is 0 Å². The molecule has 2 aromatic rings. The summed E-state index contributed by atoms with van der Waals surface area (Å²) >= 11 is 0. The molecule has 0 saturated carbocycles. The molecular weight excluding hydrogens is 316 g/mol. The van der Waals surface area contributed by atoms with Crippen LogP contribution in [0.15, 0.2) is 30.5 Å². The van der Waals surface area contributed by atoms with E-state index in [0.717, 1.165) is 23.9 Å². The first-order valence-electron chi connectivity index (χ1n) is 8.46. The molecular formula is C19H22N4O2. The molecule has 1 fully saturated rings. The van der Waals surface area contributed by atoms with E-state index in [0.29, 0.717) is 31.7 Å². The first-order chi connectivity index (χ1) is 12.2. The number of amides is 2. The number of terminal acetylenes is 1. The van der Waals surface area contributed by atoms with Gasteiger partial charge in [-0.05, 0) is 30.7 Å². The fraction of sp³-hybridized carbons (Fsp3) is 0.368. The highest BCUT2D eigenvalue weighted by Crippen LogP contribution is 2.16. The van der Waals surface area contributed by atoms with Crippen molar-refractivity contribution in [2.75, 3.05) is 39.3 Å². The van der Waals surface area contributed by atoms with Crippen LogP contribution in [-0.4, -0.2) is 65.9 Å². The van der Waals surface area contributed by atoms with Gasteiger partial charge in [0.15, 0.2) is 0 Å². The third kappa shape index (κ3) is 4.20. The second kappa shape index (κ2) is 7.86. The summed E-state index contributed by atoms with van der Waals surface area (Å²) in [5.41, 5.74) is 1.73. The summed E-state index contributed by atoms with van der Waals surface area (Å²) in [5.74, 6) is 2.36. The first kappa shape index (κ1) is 17.1. The van der Waals surface area contributed by atoms with Crippen LogP contribution in [0.25, 0.3) is 10.9 Å². The van der Waals surface area contributed by atoms with Gasteiger partial charge in [0, 0.05) is 48.8 Å². The van der Waals surface area contributed by atoms with Gasteiger partial charge in [0.25, 0.3) is 5.91 Å². The molecule has 1 saturated heterocycles. The van der Waals surface area contributed by atoms with Gasteiger partial charge in [0.05, 0.1) is 13.1 Å². The number of carbonyl (C=O) groups excluding carboxylic acids is 2. The first-order valence-corrected chi connectivity index (χ1v) is 8.46. The maximum absolute atomic E-state index is 12.8. The van der Waals surface area contributed by atoms with Crippen molar-refractivity contribution in [1.82, 2.24) is 20.1 Å². The van der Waals surface area contributed by atoms with Gasteiger partial charge < -0.3 is 15.2 Å². The summed E-state index contributed by atoms with van der Waals surface area (Å²) in [5, 5.41) is 3.71. The van der Waals surface area contributed by atoms with E-state index < -0.39 is 0 Å². The van der Waals surface area contributed by atoms with Gasteiger partial charge in [0.1, 0.15) is 0 Å². The summed E-state index contributed by atoms with van der Waals surface area (Å²) in [6.45, 7) is 3.36.